The van der Waals surface area contributed by atoms with Gasteiger partial charge in [-0.05, 0) is 19.2 Å². The predicted molar refractivity (Wildman–Crippen MR) is 85.6 cm³/mol. The monoisotopic (exact) mass is 301 g/mol. The summed E-state index contributed by atoms with van der Waals surface area (Å²) < 4.78 is 2.05. The van der Waals surface area contributed by atoms with Crippen LogP contribution in [0.3, 0.4) is 0 Å². The quantitative estimate of drug-likeness (QED) is 0.878. The summed E-state index contributed by atoms with van der Waals surface area (Å²) in [6.45, 7) is 5.06. The Bertz CT molecular complexity index is 597. The van der Waals surface area contributed by atoms with E-state index in [0.29, 0.717) is 6.42 Å². The Balaban J connectivity index is 1.52. The van der Waals surface area contributed by atoms with Crippen molar-refractivity contribution in [3.63, 3.8) is 0 Å². The summed E-state index contributed by atoms with van der Waals surface area (Å²) in [6, 6.07) is 6.03. The summed E-state index contributed by atoms with van der Waals surface area (Å²) in [6.07, 6.45) is 4.69. The van der Waals surface area contributed by atoms with Crippen LogP contribution in [0.15, 0.2) is 30.6 Å². The first kappa shape index (κ1) is 15.0. The molecule has 1 aliphatic heterocycles. The molecular formula is C16H23N5O. The van der Waals surface area contributed by atoms with E-state index in [4.69, 9.17) is 0 Å². The molecule has 0 spiro atoms. The number of aromatic nitrogens is 2. The second-order valence-corrected chi connectivity index (χ2v) is 5.71. The van der Waals surface area contributed by atoms with Crippen molar-refractivity contribution in [1.29, 1.82) is 0 Å². The van der Waals surface area contributed by atoms with Gasteiger partial charge in [-0.2, -0.15) is 0 Å². The van der Waals surface area contributed by atoms with Crippen molar-refractivity contribution in [2.75, 3.05) is 39.8 Å². The highest BCUT2D eigenvalue weighted by molar-refractivity contribution is 5.76. The molecule has 0 aliphatic carbocycles. The zero-order valence-electron chi connectivity index (χ0n) is 13.0. The van der Waals surface area contributed by atoms with Crippen molar-refractivity contribution < 1.29 is 4.79 Å². The van der Waals surface area contributed by atoms with Crippen LogP contribution < -0.4 is 5.32 Å². The van der Waals surface area contributed by atoms with Gasteiger partial charge in [0.25, 0.3) is 0 Å². The van der Waals surface area contributed by atoms with Crippen LogP contribution >= 0.6 is 0 Å². The van der Waals surface area contributed by atoms with E-state index in [0.717, 1.165) is 50.6 Å². The molecule has 1 saturated heterocycles. The van der Waals surface area contributed by atoms with Crippen LogP contribution in [0.4, 0.5) is 0 Å². The van der Waals surface area contributed by atoms with E-state index >= 15 is 0 Å². The van der Waals surface area contributed by atoms with Gasteiger partial charge in [-0.15, -0.1) is 0 Å². The molecule has 1 aliphatic rings. The number of carbonyl (C=O) groups is 1. The lowest BCUT2D eigenvalue weighted by Crippen LogP contribution is -2.48. The van der Waals surface area contributed by atoms with E-state index in [1.807, 2.05) is 40.7 Å². The van der Waals surface area contributed by atoms with Crippen LogP contribution in [0.1, 0.15) is 12.1 Å². The molecule has 0 radical (unpaired) electrons. The minimum Gasteiger partial charge on any atom is -0.340 e. The first-order valence-corrected chi connectivity index (χ1v) is 7.83. The van der Waals surface area contributed by atoms with Gasteiger partial charge in [0.1, 0.15) is 5.65 Å². The summed E-state index contributed by atoms with van der Waals surface area (Å²) in [5, 5.41) is 3.02. The number of nitrogens with one attached hydrogen (secondary N) is 1. The van der Waals surface area contributed by atoms with E-state index in [-0.39, 0.29) is 5.91 Å². The molecular weight excluding hydrogens is 278 g/mol. The number of rotatable bonds is 5. The van der Waals surface area contributed by atoms with Crippen molar-refractivity contribution in [3.8, 4) is 0 Å². The van der Waals surface area contributed by atoms with Gasteiger partial charge in [-0.1, -0.05) is 6.07 Å². The maximum absolute atomic E-state index is 12.0. The predicted octanol–water partition coefficient (Wildman–Crippen LogP) is 0.588. The lowest BCUT2D eigenvalue weighted by atomic mass is 10.2. The number of fused-ring (bicyclic) bond motifs is 1. The largest absolute Gasteiger partial charge is 0.340 e. The highest BCUT2D eigenvalue weighted by atomic mass is 16.2. The van der Waals surface area contributed by atoms with E-state index in [1.54, 1.807) is 0 Å². The number of hydrogen-bond acceptors (Lipinski definition) is 4. The average molecular weight is 301 g/mol. The van der Waals surface area contributed by atoms with E-state index < -0.39 is 0 Å². The second-order valence-electron chi connectivity index (χ2n) is 5.71. The van der Waals surface area contributed by atoms with Crippen LogP contribution in [-0.2, 0) is 11.3 Å². The van der Waals surface area contributed by atoms with Crippen molar-refractivity contribution in [3.05, 3.63) is 36.3 Å². The summed E-state index contributed by atoms with van der Waals surface area (Å²) >= 11 is 0. The molecule has 1 fully saturated rings. The fourth-order valence-electron chi connectivity index (χ4n) is 2.84. The van der Waals surface area contributed by atoms with Crippen molar-refractivity contribution >= 4 is 11.6 Å². The molecule has 0 unspecified atom stereocenters. The summed E-state index contributed by atoms with van der Waals surface area (Å²) in [7, 11) is 1.88. The fourth-order valence-corrected chi connectivity index (χ4v) is 2.84. The Morgan fingerprint density at radius 3 is 2.82 bits per heavy atom. The standard InChI is InChI=1S/C16H23N5O/c1-17-6-5-16(22)20-10-8-19(9-11-20)12-14-13-21-7-3-2-4-15(21)18-14/h2-4,7,13,17H,5-6,8-12H2,1H3. The number of imidazole rings is 1. The number of carbonyl (C=O) groups excluding carboxylic acids is 1. The third-order valence-electron chi connectivity index (χ3n) is 4.11. The number of amides is 1. The van der Waals surface area contributed by atoms with Crippen LogP contribution in [-0.4, -0.2) is 64.9 Å². The van der Waals surface area contributed by atoms with Crippen molar-refractivity contribution in [2.24, 2.45) is 0 Å². The zero-order chi connectivity index (χ0) is 15.4. The molecule has 2 aromatic rings. The van der Waals surface area contributed by atoms with Crippen LogP contribution in [0.5, 0.6) is 0 Å². The van der Waals surface area contributed by atoms with Gasteiger partial charge in [0.05, 0.1) is 5.69 Å². The first-order chi connectivity index (χ1) is 10.8. The van der Waals surface area contributed by atoms with Gasteiger partial charge in [0, 0.05) is 58.1 Å². The van der Waals surface area contributed by atoms with Gasteiger partial charge >= 0.3 is 0 Å². The van der Waals surface area contributed by atoms with Crippen LogP contribution in [0, 0.1) is 0 Å². The number of hydrogen-bond donors (Lipinski definition) is 1. The molecule has 1 amide bonds. The summed E-state index contributed by atoms with van der Waals surface area (Å²) in [4.78, 5) is 21.0. The summed E-state index contributed by atoms with van der Waals surface area (Å²) in [5.41, 5.74) is 2.07. The normalized spacial score (nSPS) is 16.3. The molecule has 2 aromatic heterocycles. The van der Waals surface area contributed by atoms with Gasteiger partial charge in [0.15, 0.2) is 0 Å². The van der Waals surface area contributed by atoms with Crippen LogP contribution in [0.25, 0.3) is 5.65 Å². The lowest BCUT2D eigenvalue weighted by molar-refractivity contribution is -0.132. The lowest BCUT2D eigenvalue weighted by Gasteiger charge is -2.34. The zero-order valence-corrected chi connectivity index (χ0v) is 13.0. The topological polar surface area (TPSA) is 52.9 Å². The third kappa shape index (κ3) is 3.45. The van der Waals surface area contributed by atoms with Crippen LogP contribution in [0.2, 0.25) is 0 Å². The maximum atomic E-state index is 12.0. The number of nitrogens with zero attached hydrogens (tertiary/aromatic N) is 4. The van der Waals surface area contributed by atoms with Gasteiger partial charge in [-0.25, -0.2) is 4.98 Å². The van der Waals surface area contributed by atoms with E-state index in [2.05, 4.69) is 21.4 Å². The fraction of sp³-hybridized carbons (Fsp3) is 0.500. The van der Waals surface area contributed by atoms with Gasteiger partial charge in [-0.3, -0.25) is 9.69 Å². The molecule has 3 heterocycles. The number of piperazine rings is 1. The van der Waals surface area contributed by atoms with Gasteiger partial charge in [0.2, 0.25) is 5.91 Å². The molecule has 0 saturated carbocycles. The van der Waals surface area contributed by atoms with E-state index in [1.165, 1.54) is 0 Å². The Morgan fingerprint density at radius 1 is 1.27 bits per heavy atom. The second kappa shape index (κ2) is 6.89. The smallest absolute Gasteiger partial charge is 0.223 e. The Kier molecular flexibility index (Phi) is 4.70. The SMILES string of the molecule is CNCCC(=O)N1CCN(Cc2cn3ccccc3n2)CC1. The highest BCUT2D eigenvalue weighted by Gasteiger charge is 2.21. The minimum atomic E-state index is 0.252. The average Bonchev–Trinajstić information content (AvgIpc) is 2.95. The van der Waals surface area contributed by atoms with E-state index in [9.17, 15) is 4.79 Å². The molecule has 118 valence electrons. The Morgan fingerprint density at radius 2 is 2.09 bits per heavy atom. The molecule has 6 heteroatoms. The Labute approximate surface area is 130 Å². The Hall–Kier alpha value is -1.92. The summed E-state index contributed by atoms with van der Waals surface area (Å²) in [5.74, 6) is 0.252. The molecule has 1 N–H and O–H groups in total. The van der Waals surface area contributed by atoms with Crippen molar-refractivity contribution in [2.45, 2.75) is 13.0 Å². The maximum Gasteiger partial charge on any atom is 0.223 e. The minimum absolute atomic E-state index is 0.252. The third-order valence-corrected chi connectivity index (χ3v) is 4.11. The van der Waals surface area contributed by atoms with Crippen molar-refractivity contribution in [1.82, 2.24) is 24.5 Å². The molecule has 0 atom stereocenters. The molecule has 22 heavy (non-hydrogen) atoms. The molecule has 6 nitrogen and oxygen atoms in total. The molecule has 0 aromatic carbocycles. The highest BCUT2D eigenvalue weighted by Crippen LogP contribution is 2.10. The number of pyridine rings is 1. The molecule has 0 bridgehead atoms. The van der Waals surface area contributed by atoms with Gasteiger partial charge < -0.3 is 14.6 Å². The molecule has 3 rings (SSSR count). The first-order valence-electron chi connectivity index (χ1n) is 7.83.